The first kappa shape index (κ1) is 21.6. The molecule has 6 rings (SSSR count). The number of phenolic OH excluding ortho intramolecular Hbond substituents is 1. The topological polar surface area (TPSA) is 46.9 Å². The normalized spacial score (nSPS) is 32.1. The zero-order valence-electron chi connectivity index (χ0n) is 19.8. The number of aromatic hydroxyl groups is 1. The standard InChI is InChI=1S/C29H38N2O2/c32-25-11-10-24-19-27-29(33)14-17-30(15-4-7-22-5-2-1-3-6-22)16-12-28(29,26(24)20-25)13-18-31(27)21-23-8-9-23/h1-3,5-6,10-11,20,23,27,32-33H,4,7-9,12-19,21H2. The van der Waals surface area contributed by atoms with Crippen LogP contribution in [0.2, 0.25) is 0 Å². The highest BCUT2D eigenvalue weighted by Gasteiger charge is 2.63. The summed E-state index contributed by atoms with van der Waals surface area (Å²) in [7, 11) is 0. The molecule has 0 amide bonds. The first-order valence-corrected chi connectivity index (χ1v) is 13.1. The maximum atomic E-state index is 12.6. The van der Waals surface area contributed by atoms with E-state index < -0.39 is 5.60 Å². The molecule has 2 saturated heterocycles. The van der Waals surface area contributed by atoms with Crippen molar-refractivity contribution in [2.75, 3.05) is 32.7 Å². The summed E-state index contributed by atoms with van der Waals surface area (Å²) < 4.78 is 0. The fourth-order valence-electron chi connectivity index (χ4n) is 7.29. The predicted octanol–water partition coefficient (Wildman–Crippen LogP) is 4.13. The number of hydrogen-bond acceptors (Lipinski definition) is 4. The Morgan fingerprint density at radius 3 is 2.55 bits per heavy atom. The Morgan fingerprint density at radius 2 is 1.73 bits per heavy atom. The molecular weight excluding hydrogens is 408 g/mol. The van der Waals surface area contributed by atoms with Crippen LogP contribution in [0.15, 0.2) is 48.5 Å². The summed E-state index contributed by atoms with van der Waals surface area (Å²) >= 11 is 0. The molecule has 0 radical (unpaired) electrons. The van der Waals surface area contributed by atoms with Crippen molar-refractivity contribution in [3.63, 3.8) is 0 Å². The van der Waals surface area contributed by atoms with E-state index in [1.807, 2.05) is 12.1 Å². The van der Waals surface area contributed by atoms with Gasteiger partial charge in [0.2, 0.25) is 0 Å². The Hall–Kier alpha value is -1.88. The maximum Gasteiger partial charge on any atom is 0.115 e. The second kappa shape index (κ2) is 8.41. The van der Waals surface area contributed by atoms with Crippen LogP contribution in [0.4, 0.5) is 0 Å². The third-order valence-electron chi connectivity index (χ3n) is 9.31. The van der Waals surface area contributed by atoms with Crippen LogP contribution in [-0.4, -0.2) is 64.4 Å². The van der Waals surface area contributed by atoms with E-state index in [0.29, 0.717) is 5.75 Å². The summed E-state index contributed by atoms with van der Waals surface area (Å²) in [5.41, 5.74) is 3.04. The number of likely N-dealkylation sites (tertiary alicyclic amines) is 2. The second-order valence-electron chi connectivity index (χ2n) is 11.2. The molecule has 0 spiro atoms. The number of benzene rings is 2. The van der Waals surface area contributed by atoms with Crippen LogP contribution in [0.5, 0.6) is 5.75 Å². The molecule has 2 heterocycles. The second-order valence-corrected chi connectivity index (χ2v) is 11.2. The molecule has 2 aromatic carbocycles. The summed E-state index contributed by atoms with van der Waals surface area (Å²) in [6, 6.07) is 16.9. The quantitative estimate of drug-likeness (QED) is 0.701. The van der Waals surface area contributed by atoms with Crippen molar-refractivity contribution in [2.45, 2.75) is 68.4 Å². The van der Waals surface area contributed by atoms with Crippen LogP contribution in [0, 0.1) is 5.92 Å². The third-order valence-corrected chi connectivity index (χ3v) is 9.31. The van der Waals surface area contributed by atoms with E-state index in [2.05, 4.69) is 46.2 Å². The molecule has 3 fully saturated rings. The molecule has 4 nitrogen and oxygen atoms in total. The Morgan fingerprint density at radius 1 is 0.939 bits per heavy atom. The van der Waals surface area contributed by atoms with Crippen LogP contribution < -0.4 is 0 Å². The lowest BCUT2D eigenvalue weighted by Crippen LogP contribution is -2.71. The van der Waals surface area contributed by atoms with Gasteiger partial charge in [-0.15, -0.1) is 0 Å². The minimum atomic E-state index is -0.713. The Balaban J connectivity index is 1.26. The van der Waals surface area contributed by atoms with Crippen molar-refractivity contribution >= 4 is 0 Å². The number of phenols is 1. The van der Waals surface area contributed by atoms with Crippen molar-refractivity contribution in [3.8, 4) is 5.75 Å². The molecule has 4 aliphatic rings. The lowest BCUT2D eigenvalue weighted by Gasteiger charge is -2.61. The number of aliphatic hydroxyl groups is 1. The van der Waals surface area contributed by atoms with Crippen LogP contribution in [0.1, 0.15) is 55.2 Å². The Bertz CT molecular complexity index is 990. The molecule has 2 aliphatic carbocycles. The van der Waals surface area contributed by atoms with Crippen molar-refractivity contribution < 1.29 is 10.2 Å². The molecule has 176 valence electrons. The molecule has 2 aromatic rings. The first-order chi connectivity index (χ1) is 16.1. The van der Waals surface area contributed by atoms with Gasteiger partial charge in [-0.25, -0.2) is 0 Å². The fourth-order valence-corrected chi connectivity index (χ4v) is 7.29. The first-order valence-electron chi connectivity index (χ1n) is 13.1. The minimum absolute atomic E-state index is 0.202. The van der Waals surface area contributed by atoms with Crippen molar-refractivity contribution in [1.82, 2.24) is 9.80 Å². The number of piperidine rings is 1. The van der Waals surface area contributed by atoms with Gasteiger partial charge in [0.1, 0.15) is 5.75 Å². The largest absolute Gasteiger partial charge is 0.508 e. The number of hydrogen-bond donors (Lipinski definition) is 2. The van der Waals surface area contributed by atoms with Crippen LogP contribution in [0.25, 0.3) is 0 Å². The van der Waals surface area contributed by atoms with Gasteiger partial charge in [-0.2, -0.15) is 0 Å². The van der Waals surface area contributed by atoms with E-state index >= 15 is 0 Å². The highest BCUT2D eigenvalue weighted by Crippen LogP contribution is 2.56. The van der Waals surface area contributed by atoms with E-state index in [-0.39, 0.29) is 11.5 Å². The Labute approximate surface area is 198 Å². The fraction of sp³-hybridized carbons (Fsp3) is 0.586. The summed E-state index contributed by atoms with van der Waals surface area (Å²) in [5, 5.41) is 22.9. The van der Waals surface area contributed by atoms with Gasteiger partial charge in [0, 0.05) is 24.5 Å². The van der Waals surface area contributed by atoms with Crippen LogP contribution in [-0.2, 0) is 18.3 Å². The molecule has 2 aliphatic heterocycles. The van der Waals surface area contributed by atoms with Crippen LogP contribution >= 0.6 is 0 Å². The molecule has 3 unspecified atom stereocenters. The number of aryl methyl sites for hydroxylation is 1. The molecule has 33 heavy (non-hydrogen) atoms. The van der Waals surface area contributed by atoms with Crippen molar-refractivity contribution in [2.24, 2.45) is 5.92 Å². The molecule has 1 saturated carbocycles. The summed E-state index contributed by atoms with van der Waals surface area (Å²) in [6.45, 7) is 5.31. The number of fused-ring (bicyclic) bond motifs is 1. The van der Waals surface area contributed by atoms with Gasteiger partial charge >= 0.3 is 0 Å². The van der Waals surface area contributed by atoms with Gasteiger partial charge in [0.15, 0.2) is 0 Å². The summed E-state index contributed by atoms with van der Waals surface area (Å²) in [4.78, 5) is 5.23. The average Bonchev–Trinajstić information content (AvgIpc) is 3.65. The van der Waals surface area contributed by atoms with Crippen molar-refractivity contribution in [3.05, 3.63) is 65.2 Å². The third kappa shape index (κ3) is 3.80. The molecular formula is C29H38N2O2. The summed E-state index contributed by atoms with van der Waals surface area (Å²) in [6.07, 6.45) is 8.71. The average molecular weight is 447 g/mol. The minimum Gasteiger partial charge on any atom is -0.508 e. The molecule has 2 bridgehead atoms. The Kier molecular flexibility index (Phi) is 5.51. The molecule has 0 aromatic heterocycles. The zero-order valence-corrected chi connectivity index (χ0v) is 19.8. The number of nitrogens with zero attached hydrogens (tertiary/aromatic N) is 2. The van der Waals surface area contributed by atoms with Gasteiger partial charge in [-0.3, -0.25) is 4.90 Å². The highest BCUT2D eigenvalue weighted by atomic mass is 16.3. The maximum absolute atomic E-state index is 12.6. The van der Waals surface area contributed by atoms with Gasteiger partial charge in [-0.1, -0.05) is 36.4 Å². The lowest BCUT2D eigenvalue weighted by molar-refractivity contribution is -0.149. The van der Waals surface area contributed by atoms with Crippen LogP contribution in [0.3, 0.4) is 0 Å². The van der Waals surface area contributed by atoms with Gasteiger partial charge < -0.3 is 15.1 Å². The van der Waals surface area contributed by atoms with E-state index in [1.54, 1.807) is 0 Å². The van der Waals surface area contributed by atoms with Gasteiger partial charge in [-0.05, 0) is 106 Å². The van der Waals surface area contributed by atoms with Gasteiger partial charge in [0.25, 0.3) is 0 Å². The van der Waals surface area contributed by atoms with E-state index in [1.165, 1.54) is 29.5 Å². The molecule has 2 N–H and O–H groups in total. The SMILES string of the molecule is Oc1ccc2c(c1)C13CCN(CCCc4ccccc4)CCC1(O)C(C2)N(CC1CC1)CC3. The summed E-state index contributed by atoms with van der Waals surface area (Å²) in [5.74, 6) is 1.18. The van der Waals surface area contributed by atoms with E-state index in [4.69, 9.17) is 0 Å². The smallest absolute Gasteiger partial charge is 0.115 e. The molecule has 3 atom stereocenters. The predicted molar refractivity (Wildman–Crippen MR) is 132 cm³/mol. The lowest BCUT2D eigenvalue weighted by atomic mass is 9.52. The number of rotatable bonds is 6. The van der Waals surface area contributed by atoms with Gasteiger partial charge in [0.05, 0.1) is 5.60 Å². The van der Waals surface area contributed by atoms with E-state index in [9.17, 15) is 10.2 Å². The zero-order chi connectivity index (χ0) is 22.5. The highest BCUT2D eigenvalue weighted by molar-refractivity contribution is 5.48. The van der Waals surface area contributed by atoms with E-state index in [0.717, 1.165) is 77.2 Å². The molecule has 4 heteroatoms. The van der Waals surface area contributed by atoms with Crippen molar-refractivity contribution in [1.29, 1.82) is 0 Å². The monoisotopic (exact) mass is 446 g/mol.